The molecule has 31 heavy (non-hydrogen) atoms. The number of methoxy groups -OCH3 is 3. The SMILES string of the molecule is COc1ccc(OC)c(CC(=O)CC2c3c(cc4c(c3OC)OCO4)CC[N+]2(C)C)c1. The summed E-state index contributed by atoms with van der Waals surface area (Å²) in [5, 5.41) is 0. The smallest absolute Gasteiger partial charge is 0.231 e. The summed E-state index contributed by atoms with van der Waals surface area (Å²) in [6.07, 6.45) is 1.55. The van der Waals surface area contributed by atoms with Crippen LogP contribution in [0.2, 0.25) is 0 Å². The van der Waals surface area contributed by atoms with Gasteiger partial charge in [0.2, 0.25) is 12.5 Å². The molecule has 0 amide bonds. The first-order valence-electron chi connectivity index (χ1n) is 10.4. The molecule has 2 aliphatic heterocycles. The first kappa shape index (κ1) is 21.3. The van der Waals surface area contributed by atoms with Crippen molar-refractivity contribution < 1.29 is 33.0 Å². The monoisotopic (exact) mass is 428 g/mol. The Bertz CT molecular complexity index is 1000. The number of hydrogen-bond acceptors (Lipinski definition) is 6. The second-order valence-electron chi connectivity index (χ2n) is 8.58. The van der Waals surface area contributed by atoms with Crippen LogP contribution >= 0.6 is 0 Å². The van der Waals surface area contributed by atoms with Gasteiger partial charge < -0.3 is 28.2 Å². The van der Waals surface area contributed by atoms with E-state index in [0.29, 0.717) is 39.7 Å². The normalized spacial score (nSPS) is 18.3. The minimum absolute atomic E-state index is 0.0442. The number of ketones is 1. The molecule has 4 rings (SSSR count). The average molecular weight is 429 g/mol. The number of fused-ring (bicyclic) bond motifs is 2. The lowest BCUT2D eigenvalue weighted by molar-refractivity contribution is -0.922. The summed E-state index contributed by atoms with van der Waals surface area (Å²) in [5.41, 5.74) is 3.04. The van der Waals surface area contributed by atoms with Crippen molar-refractivity contribution in [1.29, 1.82) is 0 Å². The fourth-order valence-corrected chi connectivity index (χ4v) is 4.64. The Hall–Kier alpha value is -2.93. The van der Waals surface area contributed by atoms with Gasteiger partial charge in [-0.2, -0.15) is 0 Å². The van der Waals surface area contributed by atoms with Crippen molar-refractivity contribution in [3.8, 4) is 28.7 Å². The molecule has 2 aliphatic rings. The van der Waals surface area contributed by atoms with Crippen molar-refractivity contribution in [2.24, 2.45) is 0 Å². The molecular formula is C24H30NO6+. The van der Waals surface area contributed by atoms with Crippen LogP contribution in [0.1, 0.15) is 29.2 Å². The molecular weight excluding hydrogens is 398 g/mol. The number of benzene rings is 2. The number of nitrogens with zero attached hydrogens (tertiary/aromatic N) is 1. The van der Waals surface area contributed by atoms with Crippen LogP contribution in [0.5, 0.6) is 28.7 Å². The molecule has 2 aromatic rings. The highest BCUT2D eigenvalue weighted by atomic mass is 16.7. The Morgan fingerprint density at radius 2 is 1.90 bits per heavy atom. The Balaban J connectivity index is 1.67. The number of carbonyl (C=O) groups is 1. The van der Waals surface area contributed by atoms with Gasteiger partial charge in [-0.1, -0.05) is 0 Å². The summed E-state index contributed by atoms with van der Waals surface area (Å²) >= 11 is 0. The van der Waals surface area contributed by atoms with Gasteiger partial charge in [0.05, 0.1) is 54.0 Å². The molecule has 1 atom stereocenters. The van der Waals surface area contributed by atoms with Crippen LogP contribution in [-0.4, -0.2) is 59.0 Å². The summed E-state index contributed by atoms with van der Waals surface area (Å²) in [4.78, 5) is 13.3. The third kappa shape index (κ3) is 3.90. The van der Waals surface area contributed by atoms with Crippen LogP contribution in [-0.2, 0) is 17.6 Å². The zero-order chi connectivity index (χ0) is 22.2. The van der Waals surface area contributed by atoms with E-state index in [0.717, 1.165) is 29.7 Å². The van der Waals surface area contributed by atoms with Crippen molar-refractivity contribution >= 4 is 5.78 Å². The van der Waals surface area contributed by atoms with Gasteiger partial charge in [-0.3, -0.25) is 4.79 Å². The largest absolute Gasteiger partial charge is 0.497 e. The van der Waals surface area contributed by atoms with Crippen LogP contribution in [0.4, 0.5) is 0 Å². The Morgan fingerprint density at radius 1 is 1.10 bits per heavy atom. The Labute approximate surface area is 183 Å². The molecule has 0 saturated heterocycles. The van der Waals surface area contributed by atoms with Crippen molar-refractivity contribution in [3.05, 3.63) is 41.0 Å². The maximum atomic E-state index is 13.3. The van der Waals surface area contributed by atoms with Crippen LogP contribution < -0.4 is 23.7 Å². The molecule has 0 saturated carbocycles. The number of rotatable bonds is 7. The average Bonchev–Trinajstić information content (AvgIpc) is 3.22. The predicted molar refractivity (Wildman–Crippen MR) is 115 cm³/mol. The lowest BCUT2D eigenvalue weighted by atomic mass is 9.86. The van der Waals surface area contributed by atoms with Crippen LogP contribution in [0, 0.1) is 0 Å². The number of Topliss-reactive ketones (excluding diaryl/α,β-unsaturated/α-hetero) is 1. The molecule has 0 fully saturated rings. The fourth-order valence-electron chi connectivity index (χ4n) is 4.64. The van der Waals surface area contributed by atoms with E-state index in [2.05, 4.69) is 14.1 Å². The molecule has 0 bridgehead atoms. The lowest BCUT2D eigenvalue weighted by Gasteiger charge is -2.43. The molecule has 2 heterocycles. The van der Waals surface area contributed by atoms with Crippen molar-refractivity contribution in [2.75, 3.05) is 48.8 Å². The predicted octanol–water partition coefficient (Wildman–Crippen LogP) is 3.32. The first-order valence-corrected chi connectivity index (χ1v) is 10.4. The lowest BCUT2D eigenvalue weighted by Crippen LogP contribution is -2.48. The van der Waals surface area contributed by atoms with Crippen LogP contribution in [0.3, 0.4) is 0 Å². The van der Waals surface area contributed by atoms with E-state index in [1.54, 1.807) is 21.3 Å². The number of ether oxygens (including phenoxy) is 5. The highest BCUT2D eigenvalue weighted by molar-refractivity contribution is 5.82. The zero-order valence-corrected chi connectivity index (χ0v) is 18.8. The van der Waals surface area contributed by atoms with Crippen molar-refractivity contribution in [1.82, 2.24) is 0 Å². The fraction of sp³-hybridized carbons (Fsp3) is 0.458. The molecule has 7 heteroatoms. The van der Waals surface area contributed by atoms with E-state index < -0.39 is 0 Å². The third-order valence-electron chi connectivity index (χ3n) is 6.38. The molecule has 0 aliphatic carbocycles. The highest BCUT2D eigenvalue weighted by Crippen LogP contribution is 2.51. The highest BCUT2D eigenvalue weighted by Gasteiger charge is 2.42. The van der Waals surface area contributed by atoms with E-state index in [4.69, 9.17) is 23.7 Å². The minimum Gasteiger partial charge on any atom is -0.497 e. The Morgan fingerprint density at radius 3 is 2.61 bits per heavy atom. The second-order valence-corrected chi connectivity index (χ2v) is 8.58. The quantitative estimate of drug-likeness (QED) is 0.631. The van der Waals surface area contributed by atoms with E-state index in [-0.39, 0.29) is 25.0 Å². The second kappa shape index (κ2) is 8.30. The molecule has 0 spiro atoms. The minimum atomic E-state index is -0.0442. The zero-order valence-electron chi connectivity index (χ0n) is 18.8. The van der Waals surface area contributed by atoms with Gasteiger partial charge >= 0.3 is 0 Å². The number of likely N-dealkylation sites (N-methyl/N-ethyl adjacent to an activating group) is 1. The van der Waals surface area contributed by atoms with Gasteiger partial charge in [-0.25, -0.2) is 0 Å². The van der Waals surface area contributed by atoms with Crippen molar-refractivity contribution in [2.45, 2.75) is 25.3 Å². The molecule has 2 aromatic carbocycles. The van der Waals surface area contributed by atoms with Gasteiger partial charge in [-0.05, 0) is 29.8 Å². The van der Waals surface area contributed by atoms with Gasteiger partial charge in [0.25, 0.3) is 0 Å². The molecule has 0 radical (unpaired) electrons. The van der Waals surface area contributed by atoms with Crippen LogP contribution in [0.15, 0.2) is 24.3 Å². The molecule has 7 nitrogen and oxygen atoms in total. The van der Waals surface area contributed by atoms with Gasteiger partial charge in [0.15, 0.2) is 11.5 Å². The maximum Gasteiger partial charge on any atom is 0.231 e. The summed E-state index contributed by atoms with van der Waals surface area (Å²) in [6, 6.07) is 7.53. The topological polar surface area (TPSA) is 63.2 Å². The van der Waals surface area contributed by atoms with Gasteiger partial charge in [0, 0.05) is 18.4 Å². The summed E-state index contributed by atoms with van der Waals surface area (Å²) in [5.74, 6) is 3.57. The van der Waals surface area contributed by atoms with Gasteiger partial charge in [-0.15, -0.1) is 0 Å². The Kier molecular flexibility index (Phi) is 5.71. The molecule has 0 aromatic heterocycles. The third-order valence-corrected chi connectivity index (χ3v) is 6.38. The van der Waals surface area contributed by atoms with E-state index in [1.165, 1.54) is 0 Å². The van der Waals surface area contributed by atoms with Crippen molar-refractivity contribution in [3.63, 3.8) is 0 Å². The van der Waals surface area contributed by atoms with E-state index in [9.17, 15) is 4.79 Å². The van der Waals surface area contributed by atoms with Gasteiger partial charge in [0.1, 0.15) is 23.3 Å². The number of quaternary nitrogens is 1. The number of carbonyl (C=O) groups excluding carboxylic acids is 1. The van der Waals surface area contributed by atoms with E-state index >= 15 is 0 Å². The van der Waals surface area contributed by atoms with Crippen LogP contribution in [0.25, 0.3) is 0 Å². The number of hydrogen-bond donors (Lipinski definition) is 0. The molecule has 166 valence electrons. The maximum absolute atomic E-state index is 13.3. The first-order chi connectivity index (χ1) is 14.9. The molecule has 1 unspecified atom stereocenters. The summed E-state index contributed by atoms with van der Waals surface area (Å²) < 4.78 is 28.6. The standard InChI is InChI=1S/C24H30NO6/c1-25(2)9-8-15-12-21-23(31-14-30-21)24(29-5)22(15)19(25)13-17(26)10-16-11-18(27-3)6-7-20(16)28-4/h6-7,11-12,19H,8-10,13-14H2,1-5H3/q+1. The molecule has 0 N–H and O–H groups in total. The summed E-state index contributed by atoms with van der Waals surface area (Å²) in [7, 11) is 9.20. The van der Waals surface area contributed by atoms with E-state index in [1.807, 2.05) is 24.3 Å². The summed E-state index contributed by atoms with van der Waals surface area (Å²) in [6.45, 7) is 1.11.